The van der Waals surface area contributed by atoms with Gasteiger partial charge in [0.15, 0.2) is 0 Å². The number of rotatable bonds is 5. The van der Waals surface area contributed by atoms with Crippen molar-refractivity contribution in [1.29, 1.82) is 0 Å². The van der Waals surface area contributed by atoms with Crippen molar-refractivity contribution in [3.63, 3.8) is 0 Å². The van der Waals surface area contributed by atoms with E-state index in [9.17, 15) is 21.6 Å². The highest BCUT2D eigenvalue weighted by Gasteiger charge is 2.39. The molecule has 1 atom stereocenters. The molecular weight excluding hydrogens is 466 g/mol. The third-order valence-electron chi connectivity index (χ3n) is 5.60. The molecule has 4 rings (SSSR count). The lowest BCUT2D eigenvalue weighted by atomic mass is 9.95. The fraction of sp³-hybridized carbons (Fsp3) is 0.136. The molecule has 3 aromatic rings. The van der Waals surface area contributed by atoms with Crippen LogP contribution in [0, 0.1) is 0 Å². The van der Waals surface area contributed by atoms with E-state index in [2.05, 4.69) is 0 Å². The Bertz CT molecular complexity index is 1400. The van der Waals surface area contributed by atoms with Gasteiger partial charge in [-0.1, -0.05) is 48.5 Å². The maximum Gasteiger partial charge on any atom is 0.262 e. The van der Waals surface area contributed by atoms with Gasteiger partial charge in [-0.2, -0.15) is 4.31 Å². The van der Waals surface area contributed by atoms with Crippen LogP contribution in [0.3, 0.4) is 0 Å². The topological polar surface area (TPSA) is 147 Å². The molecule has 1 heterocycles. The summed E-state index contributed by atoms with van der Waals surface area (Å²) in [6, 6.07) is 18.1. The van der Waals surface area contributed by atoms with Crippen molar-refractivity contribution in [3.8, 4) is 11.1 Å². The van der Waals surface area contributed by atoms with Crippen LogP contribution in [0.4, 0.5) is 0 Å². The van der Waals surface area contributed by atoms with Gasteiger partial charge in [-0.3, -0.25) is 10.0 Å². The Hall–Kier alpha value is -3.09. The summed E-state index contributed by atoms with van der Waals surface area (Å²) in [6.45, 7) is -0.00658. The molecular formula is C22H21N3O6S2. The minimum absolute atomic E-state index is 0.00658. The van der Waals surface area contributed by atoms with Crippen molar-refractivity contribution in [2.45, 2.75) is 28.8 Å². The van der Waals surface area contributed by atoms with Crippen molar-refractivity contribution >= 4 is 26.0 Å². The van der Waals surface area contributed by atoms with E-state index in [-0.39, 0.29) is 22.8 Å². The summed E-state index contributed by atoms with van der Waals surface area (Å²) in [6.07, 6.45) is 0.135. The number of primary sulfonamides is 1. The van der Waals surface area contributed by atoms with E-state index in [1.165, 1.54) is 24.3 Å². The third kappa shape index (κ3) is 4.54. The third-order valence-corrected chi connectivity index (χ3v) is 8.39. The number of fused-ring (bicyclic) bond motifs is 1. The Balaban J connectivity index is 1.66. The second-order valence-electron chi connectivity index (χ2n) is 7.61. The quantitative estimate of drug-likeness (QED) is 0.368. The molecule has 172 valence electrons. The normalized spacial score (nSPS) is 16.7. The molecule has 4 N–H and O–H groups in total. The smallest absolute Gasteiger partial charge is 0.262 e. The van der Waals surface area contributed by atoms with Crippen molar-refractivity contribution in [3.05, 3.63) is 83.9 Å². The fourth-order valence-corrected chi connectivity index (χ4v) is 5.92. The maximum absolute atomic E-state index is 13.4. The van der Waals surface area contributed by atoms with Crippen molar-refractivity contribution in [1.82, 2.24) is 9.79 Å². The van der Waals surface area contributed by atoms with E-state index >= 15 is 0 Å². The van der Waals surface area contributed by atoms with Gasteiger partial charge in [0.25, 0.3) is 5.91 Å². The van der Waals surface area contributed by atoms with Gasteiger partial charge < -0.3 is 0 Å². The van der Waals surface area contributed by atoms with Crippen LogP contribution in [-0.4, -0.2) is 38.3 Å². The Morgan fingerprint density at radius 2 is 1.36 bits per heavy atom. The first-order valence-corrected chi connectivity index (χ1v) is 12.9. The molecule has 11 heteroatoms. The average molecular weight is 488 g/mol. The number of nitrogens with zero attached hydrogens (tertiary/aromatic N) is 1. The zero-order valence-electron chi connectivity index (χ0n) is 17.2. The summed E-state index contributed by atoms with van der Waals surface area (Å²) < 4.78 is 50.8. The molecule has 1 aliphatic heterocycles. The van der Waals surface area contributed by atoms with Crippen molar-refractivity contribution in [2.24, 2.45) is 5.14 Å². The fourth-order valence-electron chi connectivity index (χ4n) is 3.84. The summed E-state index contributed by atoms with van der Waals surface area (Å²) in [7, 11) is -7.88. The first-order valence-electron chi connectivity index (χ1n) is 9.87. The average Bonchev–Trinajstić information content (AvgIpc) is 2.82. The maximum atomic E-state index is 13.4. The van der Waals surface area contributed by atoms with Crippen LogP contribution < -0.4 is 10.6 Å². The minimum Gasteiger partial charge on any atom is -0.289 e. The van der Waals surface area contributed by atoms with Gasteiger partial charge in [0.1, 0.15) is 6.04 Å². The van der Waals surface area contributed by atoms with Gasteiger partial charge in [0.05, 0.1) is 9.79 Å². The second-order valence-corrected chi connectivity index (χ2v) is 11.1. The van der Waals surface area contributed by atoms with Crippen LogP contribution in [0.5, 0.6) is 0 Å². The minimum atomic E-state index is -4.07. The van der Waals surface area contributed by atoms with Crippen LogP contribution in [0.25, 0.3) is 11.1 Å². The van der Waals surface area contributed by atoms with E-state index in [0.717, 1.165) is 15.4 Å². The number of carbonyl (C=O) groups excluding carboxylic acids is 1. The van der Waals surface area contributed by atoms with Gasteiger partial charge >= 0.3 is 0 Å². The largest absolute Gasteiger partial charge is 0.289 e. The van der Waals surface area contributed by atoms with E-state index in [0.29, 0.717) is 11.1 Å². The number of hydrogen-bond acceptors (Lipinski definition) is 6. The zero-order chi connectivity index (χ0) is 23.8. The number of carbonyl (C=O) groups is 1. The molecule has 1 amide bonds. The van der Waals surface area contributed by atoms with E-state index in [4.69, 9.17) is 10.3 Å². The predicted octanol–water partition coefficient (Wildman–Crippen LogP) is 1.62. The molecule has 0 spiro atoms. The lowest BCUT2D eigenvalue weighted by molar-refractivity contribution is -0.133. The highest BCUT2D eigenvalue weighted by Crippen LogP contribution is 2.30. The SMILES string of the molecule is NS(=O)(=O)c1ccc(-c2ccc(S(=O)(=O)N3Cc4ccccc4C[C@@H]3C(=O)NO)cc2)cc1. The number of sulfonamides is 2. The van der Waals surface area contributed by atoms with Crippen LogP contribution >= 0.6 is 0 Å². The first kappa shape index (κ1) is 23.1. The number of amides is 1. The van der Waals surface area contributed by atoms with Crippen LogP contribution in [0.15, 0.2) is 82.6 Å². The second kappa shape index (κ2) is 8.69. The van der Waals surface area contributed by atoms with Gasteiger partial charge in [0, 0.05) is 6.54 Å². The lowest BCUT2D eigenvalue weighted by Crippen LogP contribution is -2.51. The molecule has 3 aromatic carbocycles. The lowest BCUT2D eigenvalue weighted by Gasteiger charge is -2.34. The first-order chi connectivity index (χ1) is 15.6. The highest BCUT2D eigenvalue weighted by molar-refractivity contribution is 7.89. The molecule has 0 saturated carbocycles. The number of nitrogens with one attached hydrogen (secondary N) is 1. The van der Waals surface area contributed by atoms with Crippen LogP contribution in [0.1, 0.15) is 11.1 Å². The Morgan fingerprint density at radius 3 is 1.88 bits per heavy atom. The Morgan fingerprint density at radius 1 is 0.848 bits per heavy atom. The molecule has 0 saturated heterocycles. The Kier molecular flexibility index (Phi) is 6.08. The predicted molar refractivity (Wildman–Crippen MR) is 120 cm³/mol. The molecule has 33 heavy (non-hydrogen) atoms. The number of hydrogen-bond donors (Lipinski definition) is 3. The summed E-state index contributed by atoms with van der Waals surface area (Å²) >= 11 is 0. The number of hydroxylamine groups is 1. The van der Waals surface area contributed by atoms with Gasteiger partial charge in [-0.15, -0.1) is 0 Å². The van der Waals surface area contributed by atoms with Crippen LogP contribution in [-0.2, 0) is 37.8 Å². The molecule has 0 aromatic heterocycles. The molecule has 9 nitrogen and oxygen atoms in total. The molecule has 0 fully saturated rings. The number of nitrogens with two attached hydrogens (primary N) is 1. The molecule has 0 radical (unpaired) electrons. The van der Waals surface area contributed by atoms with Gasteiger partial charge in [0.2, 0.25) is 20.0 Å². The molecule has 0 unspecified atom stereocenters. The summed E-state index contributed by atoms with van der Waals surface area (Å²) in [5.41, 5.74) is 4.54. The summed E-state index contributed by atoms with van der Waals surface area (Å²) in [5, 5.41) is 14.3. The number of benzene rings is 3. The molecule has 0 aliphatic carbocycles. The standard InChI is InChI=1S/C22H21N3O6S2/c23-32(28,29)19-9-5-15(6-10-19)16-7-11-20(12-8-16)33(30,31)25-14-18-4-2-1-3-17(18)13-21(25)22(26)24-27/h1-12,21,27H,13-14H2,(H,24,26)(H2,23,28,29)/t21-/m1/s1. The van der Waals surface area contributed by atoms with Crippen LogP contribution in [0.2, 0.25) is 0 Å². The van der Waals surface area contributed by atoms with Crippen molar-refractivity contribution < 1.29 is 26.8 Å². The molecule has 0 bridgehead atoms. The van der Waals surface area contributed by atoms with Gasteiger partial charge in [-0.05, 0) is 52.9 Å². The monoisotopic (exact) mass is 487 g/mol. The van der Waals surface area contributed by atoms with Crippen molar-refractivity contribution in [2.75, 3.05) is 0 Å². The zero-order valence-corrected chi connectivity index (χ0v) is 18.9. The van der Waals surface area contributed by atoms with E-state index in [1.807, 2.05) is 12.1 Å². The summed E-state index contributed by atoms with van der Waals surface area (Å²) in [4.78, 5) is 12.2. The summed E-state index contributed by atoms with van der Waals surface area (Å²) in [5.74, 6) is -0.806. The van der Waals surface area contributed by atoms with E-state index in [1.54, 1.807) is 41.9 Å². The molecule has 1 aliphatic rings. The van der Waals surface area contributed by atoms with Gasteiger partial charge in [-0.25, -0.2) is 27.5 Å². The van der Waals surface area contributed by atoms with E-state index < -0.39 is 32.0 Å². The highest BCUT2D eigenvalue weighted by atomic mass is 32.2. The Labute approximate surface area is 191 Å².